The summed E-state index contributed by atoms with van der Waals surface area (Å²) in [5, 5.41) is 2.89. The topological polar surface area (TPSA) is 75.7 Å². The highest BCUT2D eigenvalue weighted by Gasteiger charge is 2.28. The number of hydrogen-bond acceptors (Lipinski definition) is 4. The molecule has 1 N–H and O–H groups in total. The Morgan fingerprint density at radius 3 is 2.50 bits per heavy atom. The first-order valence-electron chi connectivity index (χ1n) is 9.56. The van der Waals surface area contributed by atoms with E-state index >= 15 is 0 Å². The van der Waals surface area contributed by atoms with E-state index in [-0.39, 0.29) is 11.7 Å². The number of benzene rings is 1. The molecule has 0 radical (unpaired) electrons. The van der Waals surface area contributed by atoms with Crippen molar-refractivity contribution >= 4 is 21.6 Å². The lowest BCUT2D eigenvalue weighted by molar-refractivity contribution is 0.0273. The molecule has 0 unspecified atom stereocenters. The predicted molar refractivity (Wildman–Crippen MR) is 102 cm³/mol. The first-order chi connectivity index (χ1) is 12.6. The van der Waals surface area contributed by atoms with Gasteiger partial charge in [-0.25, -0.2) is 8.42 Å². The van der Waals surface area contributed by atoms with Gasteiger partial charge < -0.3 is 10.1 Å². The molecule has 1 heterocycles. The highest BCUT2D eigenvalue weighted by molar-refractivity contribution is 7.93. The molecule has 0 bridgehead atoms. The third-order valence-electron chi connectivity index (χ3n) is 5.03. The van der Waals surface area contributed by atoms with Crippen molar-refractivity contribution in [1.82, 2.24) is 5.32 Å². The number of amides is 1. The van der Waals surface area contributed by atoms with Crippen LogP contribution in [-0.4, -0.2) is 45.9 Å². The fraction of sp³-hybridized carbons (Fsp3) is 0.632. The van der Waals surface area contributed by atoms with Crippen molar-refractivity contribution in [2.75, 3.05) is 29.8 Å². The summed E-state index contributed by atoms with van der Waals surface area (Å²) in [7, 11) is -3.18. The van der Waals surface area contributed by atoms with Crippen LogP contribution >= 0.6 is 0 Å². The zero-order valence-corrected chi connectivity index (χ0v) is 16.0. The molecular weight excluding hydrogens is 352 g/mol. The van der Waals surface area contributed by atoms with Crippen LogP contribution in [0.25, 0.3) is 0 Å². The standard InChI is InChI=1S/C19H28N2O4S/c22-19(20-12-4-14-25-18-6-2-1-3-7-18)16-8-10-17(11-9-16)21-13-5-15-26(21,23)24/h8-11,18H,1-7,12-15H2,(H,20,22). The Bertz CT molecular complexity index is 697. The van der Waals surface area contributed by atoms with Crippen molar-refractivity contribution in [3.8, 4) is 0 Å². The molecule has 26 heavy (non-hydrogen) atoms. The van der Waals surface area contributed by atoms with E-state index in [2.05, 4.69) is 5.32 Å². The van der Waals surface area contributed by atoms with Crippen molar-refractivity contribution in [3.63, 3.8) is 0 Å². The van der Waals surface area contributed by atoms with Crippen LogP contribution in [0, 0.1) is 0 Å². The highest BCUT2D eigenvalue weighted by Crippen LogP contribution is 2.24. The van der Waals surface area contributed by atoms with E-state index in [1.165, 1.54) is 23.6 Å². The summed E-state index contributed by atoms with van der Waals surface area (Å²) < 4.78 is 31.1. The SMILES string of the molecule is O=C(NCCCOC1CCCCC1)c1ccc(N2CCCS2(=O)=O)cc1. The van der Waals surface area contributed by atoms with Gasteiger partial charge in [-0.1, -0.05) is 19.3 Å². The maximum Gasteiger partial charge on any atom is 0.251 e. The molecule has 1 aliphatic carbocycles. The van der Waals surface area contributed by atoms with Gasteiger partial charge in [0.05, 0.1) is 17.5 Å². The van der Waals surface area contributed by atoms with E-state index < -0.39 is 10.0 Å². The molecular formula is C19H28N2O4S. The minimum absolute atomic E-state index is 0.140. The fourth-order valence-electron chi connectivity index (χ4n) is 3.57. The maximum atomic E-state index is 12.2. The van der Waals surface area contributed by atoms with Crippen molar-refractivity contribution < 1.29 is 17.9 Å². The summed E-state index contributed by atoms with van der Waals surface area (Å²) >= 11 is 0. The number of hydrogen-bond donors (Lipinski definition) is 1. The van der Waals surface area contributed by atoms with Crippen LogP contribution in [0.15, 0.2) is 24.3 Å². The molecule has 1 aromatic carbocycles. The summed E-state index contributed by atoms with van der Waals surface area (Å²) in [4.78, 5) is 12.2. The van der Waals surface area contributed by atoms with Gasteiger partial charge in [0.1, 0.15) is 0 Å². The number of nitrogens with one attached hydrogen (secondary N) is 1. The third kappa shape index (κ3) is 4.98. The van der Waals surface area contributed by atoms with Crippen molar-refractivity contribution in [2.24, 2.45) is 0 Å². The molecule has 1 saturated heterocycles. The Hall–Kier alpha value is -1.60. The number of anilines is 1. The molecule has 7 heteroatoms. The molecule has 2 aliphatic rings. The molecule has 1 aromatic rings. The second-order valence-corrected chi connectivity index (χ2v) is 9.04. The quantitative estimate of drug-likeness (QED) is 0.738. The van der Waals surface area contributed by atoms with Crippen LogP contribution in [-0.2, 0) is 14.8 Å². The Morgan fingerprint density at radius 1 is 1.12 bits per heavy atom. The minimum atomic E-state index is -3.18. The number of rotatable bonds is 7. The lowest BCUT2D eigenvalue weighted by atomic mass is 9.98. The molecule has 0 atom stereocenters. The minimum Gasteiger partial charge on any atom is -0.378 e. The Morgan fingerprint density at radius 2 is 1.85 bits per heavy atom. The van der Waals surface area contributed by atoms with Crippen LogP contribution in [0.1, 0.15) is 55.3 Å². The summed E-state index contributed by atoms with van der Waals surface area (Å²) in [6, 6.07) is 6.75. The highest BCUT2D eigenvalue weighted by atomic mass is 32.2. The Labute approximate surface area is 156 Å². The summed E-state index contributed by atoms with van der Waals surface area (Å²) in [6.45, 7) is 1.76. The van der Waals surface area contributed by atoms with Gasteiger partial charge in [0, 0.05) is 25.3 Å². The van der Waals surface area contributed by atoms with E-state index in [1.54, 1.807) is 24.3 Å². The van der Waals surface area contributed by atoms with Gasteiger partial charge in [-0.05, 0) is 49.9 Å². The zero-order valence-electron chi connectivity index (χ0n) is 15.2. The predicted octanol–water partition coefficient (Wildman–Crippen LogP) is 2.70. The normalized spacial score (nSPS) is 20.2. The molecule has 1 saturated carbocycles. The molecule has 2 fully saturated rings. The maximum absolute atomic E-state index is 12.2. The number of sulfonamides is 1. The monoisotopic (exact) mass is 380 g/mol. The van der Waals surface area contributed by atoms with Gasteiger partial charge in [-0.3, -0.25) is 9.10 Å². The van der Waals surface area contributed by atoms with Crippen molar-refractivity contribution in [3.05, 3.63) is 29.8 Å². The molecule has 6 nitrogen and oxygen atoms in total. The van der Waals surface area contributed by atoms with Crippen LogP contribution < -0.4 is 9.62 Å². The average Bonchev–Trinajstić information content (AvgIpc) is 3.01. The van der Waals surface area contributed by atoms with Crippen LogP contribution in [0.4, 0.5) is 5.69 Å². The average molecular weight is 381 g/mol. The number of carbonyl (C=O) groups excluding carboxylic acids is 1. The van der Waals surface area contributed by atoms with Gasteiger partial charge in [-0.15, -0.1) is 0 Å². The zero-order chi connectivity index (χ0) is 18.4. The fourth-order valence-corrected chi connectivity index (χ4v) is 5.13. The molecule has 0 spiro atoms. The number of nitrogens with zero attached hydrogens (tertiary/aromatic N) is 1. The van der Waals surface area contributed by atoms with Crippen molar-refractivity contribution in [1.29, 1.82) is 0 Å². The molecule has 0 aromatic heterocycles. The van der Waals surface area contributed by atoms with E-state index in [4.69, 9.17) is 4.74 Å². The molecule has 1 amide bonds. The second kappa shape index (κ2) is 8.86. The van der Waals surface area contributed by atoms with Gasteiger partial charge in [-0.2, -0.15) is 0 Å². The second-order valence-electron chi connectivity index (χ2n) is 7.03. The smallest absolute Gasteiger partial charge is 0.251 e. The molecule has 3 rings (SSSR count). The summed E-state index contributed by atoms with van der Waals surface area (Å²) in [5.74, 6) is 0.0523. The Balaban J connectivity index is 1.40. The van der Waals surface area contributed by atoms with Crippen LogP contribution in [0.3, 0.4) is 0 Å². The largest absolute Gasteiger partial charge is 0.378 e. The summed E-state index contributed by atoms with van der Waals surface area (Å²) in [5.41, 5.74) is 1.17. The first kappa shape index (κ1) is 19.2. The van der Waals surface area contributed by atoms with Crippen molar-refractivity contribution in [2.45, 2.75) is 51.0 Å². The van der Waals surface area contributed by atoms with Crippen LogP contribution in [0.2, 0.25) is 0 Å². The van der Waals surface area contributed by atoms with Crippen LogP contribution in [0.5, 0.6) is 0 Å². The number of ether oxygens (including phenoxy) is 1. The lowest BCUT2D eigenvalue weighted by Crippen LogP contribution is -2.27. The molecule has 1 aliphatic heterocycles. The van der Waals surface area contributed by atoms with Gasteiger partial charge >= 0.3 is 0 Å². The first-order valence-corrected chi connectivity index (χ1v) is 11.2. The van der Waals surface area contributed by atoms with E-state index in [1.807, 2.05) is 0 Å². The van der Waals surface area contributed by atoms with E-state index in [0.29, 0.717) is 43.5 Å². The summed E-state index contributed by atoms with van der Waals surface area (Å²) in [6.07, 6.45) is 8.00. The van der Waals surface area contributed by atoms with E-state index in [9.17, 15) is 13.2 Å². The van der Waals surface area contributed by atoms with Gasteiger partial charge in [0.15, 0.2) is 0 Å². The molecule has 144 valence electrons. The van der Waals surface area contributed by atoms with Gasteiger partial charge in [0.2, 0.25) is 10.0 Å². The lowest BCUT2D eigenvalue weighted by Gasteiger charge is -2.21. The Kier molecular flexibility index (Phi) is 6.53. The van der Waals surface area contributed by atoms with E-state index in [0.717, 1.165) is 19.3 Å². The third-order valence-corrected chi connectivity index (χ3v) is 6.90. The van der Waals surface area contributed by atoms with Gasteiger partial charge in [0.25, 0.3) is 5.91 Å². The number of carbonyl (C=O) groups is 1.